The molecule has 1 atom stereocenters. The first-order valence-corrected chi connectivity index (χ1v) is 4.18. The Balaban J connectivity index is 0. The van der Waals surface area contributed by atoms with Gasteiger partial charge in [0.05, 0.1) is 7.11 Å². The monoisotopic (exact) mass is 211 g/mol. The van der Waals surface area contributed by atoms with Gasteiger partial charge in [0.1, 0.15) is 6.04 Å². The van der Waals surface area contributed by atoms with Crippen molar-refractivity contribution in [2.75, 3.05) is 20.3 Å². The molecule has 0 aromatic carbocycles. The molecule has 0 unspecified atom stereocenters. The molecule has 0 saturated heterocycles. The summed E-state index contributed by atoms with van der Waals surface area (Å²) in [5.74, 6) is -0.308. The summed E-state index contributed by atoms with van der Waals surface area (Å²) in [5, 5.41) is 11.6. The van der Waals surface area contributed by atoms with Gasteiger partial charge in [-0.2, -0.15) is 0 Å². The minimum Gasteiger partial charge on any atom is -0.468 e. The highest BCUT2D eigenvalue weighted by molar-refractivity contribution is 5.85. The van der Waals surface area contributed by atoms with Crippen LogP contribution in [0.15, 0.2) is 0 Å². The average molecular weight is 212 g/mol. The van der Waals surface area contributed by atoms with Crippen molar-refractivity contribution in [3.63, 3.8) is 0 Å². The second kappa shape index (κ2) is 9.77. The first-order valence-electron chi connectivity index (χ1n) is 4.18. The van der Waals surface area contributed by atoms with Gasteiger partial charge in [-0.1, -0.05) is 6.92 Å². The Morgan fingerprint density at radius 1 is 1.62 bits per heavy atom. The summed E-state index contributed by atoms with van der Waals surface area (Å²) < 4.78 is 4.55. The minimum atomic E-state index is -0.361. The lowest BCUT2D eigenvalue weighted by atomic mass is 10.2. The number of rotatable bonds is 6. The molecule has 0 fully saturated rings. The number of carbonyl (C=O) groups excluding carboxylic acids is 1. The maximum Gasteiger partial charge on any atom is 0.322 e. The number of halogens is 1. The number of ether oxygens (including phenoxy) is 1. The summed E-state index contributed by atoms with van der Waals surface area (Å²) in [5.41, 5.74) is 0. The van der Waals surface area contributed by atoms with Gasteiger partial charge in [0.15, 0.2) is 0 Å². The summed E-state index contributed by atoms with van der Waals surface area (Å²) in [6, 6.07) is -0.361. The Hall–Kier alpha value is -0.320. The van der Waals surface area contributed by atoms with Gasteiger partial charge in [0.25, 0.3) is 0 Å². The van der Waals surface area contributed by atoms with Crippen LogP contribution in [0.5, 0.6) is 0 Å². The first kappa shape index (κ1) is 15.2. The standard InChI is InChI=1S/C8H17NO3.ClH/c1-3-5-9-7(4-6-10)8(11)12-2;/h7,9-10H,3-6H2,1-2H3;1H/t7-;/m0./s1. The molecule has 0 heterocycles. The van der Waals surface area contributed by atoms with Crippen molar-refractivity contribution in [3.8, 4) is 0 Å². The van der Waals surface area contributed by atoms with E-state index in [1.54, 1.807) is 0 Å². The third-order valence-electron chi connectivity index (χ3n) is 1.54. The summed E-state index contributed by atoms with van der Waals surface area (Å²) >= 11 is 0. The molecule has 0 aliphatic carbocycles. The Bertz CT molecular complexity index is 133. The van der Waals surface area contributed by atoms with E-state index in [1.807, 2.05) is 6.92 Å². The molecule has 4 nitrogen and oxygen atoms in total. The number of carbonyl (C=O) groups is 1. The largest absolute Gasteiger partial charge is 0.468 e. The number of aliphatic hydroxyl groups excluding tert-OH is 1. The predicted molar refractivity (Wildman–Crippen MR) is 53.0 cm³/mol. The Morgan fingerprint density at radius 2 is 2.23 bits per heavy atom. The van der Waals surface area contributed by atoms with Gasteiger partial charge in [-0.05, 0) is 19.4 Å². The third kappa shape index (κ3) is 6.81. The highest BCUT2D eigenvalue weighted by Gasteiger charge is 2.16. The van der Waals surface area contributed by atoms with Crippen LogP contribution in [0.1, 0.15) is 19.8 Å². The number of esters is 1. The molecule has 0 aromatic rings. The molecule has 0 aliphatic rings. The highest BCUT2D eigenvalue weighted by Crippen LogP contribution is 1.94. The fraction of sp³-hybridized carbons (Fsp3) is 0.875. The molecule has 0 spiro atoms. The summed E-state index contributed by atoms with van der Waals surface area (Å²) in [6.07, 6.45) is 1.37. The fourth-order valence-electron chi connectivity index (χ4n) is 0.893. The molecular formula is C8H18ClNO3. The third-order valence-corrected chi connectivity index (χ3v) is 1.54. The molecule has 0 amide bonds. The van der Waals surface area contributed by atoms with Crippen molar-refractivity contribution in [1.29, 1.82) is 0 Å². The van der Waals surface area contributed by atoms with E-state index >= 15 is 0 Å². The van der Waals surface area contributed by atoms with E-state index < -0.39 is 0 Å². The maximum atomic E-state index is 11.0. The fourth-order valence-corrected chi connectivity index (χ4v) is 0.893. The average Bonchev–Trinajstić information content (AvgIpc) is 2.11. The smallest absolute Gasteiger partial charge is 0.322 e. The zero-order chi connectivity index (χ0) is 9.40. The second-order valence-corrected chi connectivity index (χ2v) is 2.54. The van der Waals surface area contributed by atoms with Gasteiger partial charge in [-0.25, -0.2) is 0 Å². The minimum absolute atomic E-state index is 0. The van der Waals surface area contributed by atoms with Crippen LogP contribution in [0.4, 0.5) is 0 Å². The lowest BCUT2D eigenvalue weighted by molar-refractivity contribution is -0.143. The summed E-state index contributed by atoms with van der Waals surface area (Å²) in [6.45, 7) is 2.77. The van der Waals surface area contributed by atoms with Crippen LogP contribution in [-0.4, -0.2) is 37.4 Å². The lowest BCUT2D eigenvalue weighted by Gasteiger charge is -2.14. The molecule has 0 saturated carbocycles. The van der Waals surface area contributed by atoms with Crippen molar-refractivity contribution < 1.29 is 14.6 Å². The summed E-state index contributed by atoms with van der Waals surface area (Å²) in [4.78, 5) is 11.0. The van der Waals surface area contributed by atoms with Gasteiger partial charge in [-0.15, -0.1) is 12.4 Å². The van der Waals surface area contributed by atoms with Gasteiger partial charge in [0, 0.05) is 6.61 Å². The van der Waals surface area contributed by atoms with E-state index in [1.165, 1.54) is 7.11 Å². The van der Waals surface area contributed by atoms with Crippen molar-refractivity contribution in [2.45, 2.75) is 25.8 Å². The van der Waals surface area contributed by atoms with E-state index in [0.29, 0.717) is 6.42 Å². The van der Waals surface area contributed by atoms with E-state index in [0.717, 1.165) is 13.0 Å². The highest BCUT2D eigenvalue weighted by atomic mass is 35.5. The molecule has 0 aromatic heterocycles. The van der Waals surface area contributed by atoms with Crippen LogP contribution in [0.3, 0.4) is 0 Å². The molecule has 0 rings (SSSR count). The van der Waals surface area contributed by atoms with Crippen LogP contribution < -0.4 is 5.32 Å². The summed E-state index contributed by atoms with van der Waals surface area (Å²) in [7, 11) is 1.35. The second-order valence-electron chi connectivity index (χ2n) is 2.54. The molecule has 13 heavy (non-hydrogen) atoms. The Morgan fingerprint density at radius 3 is 2.62 bits per heavy atom. The SMILES string of the molecule is CCCN[C@@H](CCO)C(=O)OC.Cl. The Labute approximate surface area is 85.1 Å². The quantitative estimate of drug-likeness (QED) is 0.622. The lowest BCUT2D eigenvalue weighted by Crippen LogP contribution is -2.38. The molecule has 0 bridgehead atoms. The van der Waals surface area contributed by atoms with Gasteiger partial charge < -0.3 is 15.2 Å². The van der Waals surface area contributed by atoms with E-state index in [9.17, 15) is 4.79 Å². The number of aliphatic hydroxyl groups is 1. The zero-order valence-electron chi connectivity index (χ0n) is 8.08. The van der Waals surface area contributed by atoms with Gasteiger partial charge in [-0.3, -0.25) is 4.79 Å². The molecule has 0 aliphatic heterocycles. The molecule has 2 N–H and O–H groups in total. The maximum absolute atomic E-state index is 11.0. The van der Waals surface area contributed by atoms with Gasteiger partial charge in [0.2, 0.25) is 0 Å². The van der Waals surface area contributed by atoms with Crippen molar-refractivity contribution in [1.82, 2.24) is 5.32 Å². The van der Waals surface area contributed by atoms with Crippen LogP contribution in [-0.2, 0) is 9.53 Å². The topological polar surface area (TPSA) is 58.6 Å². The number of methoxy groups -OCH3 is 1. The number of hydrogen-bond acceptors (Lipinski definition) is 4. The van der Waals surface area contributed by atoms with E-state index in [-0.39, 0.29) is 31.0 Å². The first-order chi connectivity index (χ1) is 5.76. The predicted octanol–water partition coefficient (Wildman–Crippen LogP) is 0.332. The van der Waals surface area contributed by atoms with Crippen LogP contribution >= 0.6 is 12.4 Å². The normalized spacial score (nSPS) is 11.6. The van der Waals surface area contributed by atoms with E-state index in [2.05, 4.69) is 10.1 Å². The molecule has 80 valence electrons. The van der Waals surface area contributed by atoms with Crippen LogP contribution in [0, 0.1) is 0 Å². The van der Waals surface area contributed by atoms with E-state index in [4.69, 9.17) is 5.11 Å². The van der Waals surface area contributed by atoms with Crippen molar-refractivity contribution in [3.05, 3.63) is 0 Å². The van der Waals surface area contributed by atoms with Crippen molar-refractivity contribution >= 4 is 18.4 Å². The number of nitrogens with one attached hydrogen (secondary N) is 1. The zero-order valence-corrected chi connectivity index (χ0v) is 8.89. The number of hydrogen-bond donors (Lipinski definition) is 2. The molecule has 5 heteroatoms. The van der Waals surface area contributed by atoms with Crippen molar-refractivity contribution in [2.24, 2.45) is 0 Å². The van der Waals surface area contributed by atoms with Crippen LogP contribution in [0.25, 0.3) is 0 Å². The molecule has 0 radical (unpaired) electrons. The molecular weight excluding hydrogens is 194 g/mol. The van der Waals surface area contributed by atoms with Gasteiger partial charge >= 0.3 is 5.97 Å². The Kier molecular flexibility index (Phi) is 11.4. The van der Waals surface area contributed by atoms with Crippen LogP contribution in [0.2, 0.25) is 0 Å².